The van der Waals surface area contributed by atoms with Crippen molar-refractivity contribution in [2.24, 2.45) is 11.8 Å². The molecule has 0 bridgehead atoms. The molecule has 0 amide bonds. The Labute approximate surface area is 170 Å². The third-order valence-corrected chi connectivity index (χ3v) is 5.61. The van der Waals surface area contributed by atoms with Crippen LogP contribution in [0.3, 0.4) is 0 Å². The molecule has 2 aromatic rings. The highest BCUT2D eigenvalue weighted by Crippen LogP contribution is 2.37. The number of nitrogens with zero attached hydrogens (tertiary/aromatic N) is 4. The van der Waals surface area contributed by atoms with E-state index < -0.39 is 12.1 Å². The third kappa shape index (κ3) is 5.95. The molecule has 1 saturated carbocycles. The minimum Gasteiger partial charge on any atom is -0.479 e. The van der Waals surface area contributed by atoms with Gasteiger partial charge in [-0.15, -0.1) is 0 Å². The summed E-state index contributed by atoms with van der Waals surface area (Å²) in [6.07, 6.45) is 19.6. The van der Waals surface area contributed by atoms with Crippen LogP contribution in [0.4, 0.5) is 0 Å². The summed E-state index contributed by atoms with van der Waals surface area (Å²) in [7, 11) is 0. The summed E-state index contributed by atoms with van der Waals surface area (Å²) in [5.74, 6) is 4.57. The second-order valence-corrected chi connectivity index (χ2v) is 7.51. The van der Waals surface area contributed by atoms with Crippen LogP contribution in [0, 0.1) is 5.92 Å². The van der Waals surface area contributed by atoms with E-state index in [9.17, 15) is 9.90 Å². The van der Waals surface area contributed by atoms with Crippen molar-refractivity contribution in [1.29, 1.82) is 0 Å². The first kappa shape index (κ1) is 21.1. The van der Waals surface area contributed by atoms with Gasteiger partial charge < -0.3 is 9.67 Å². The molecule has 0 saturated heterocycles. The molecule has 3 rings (SSSR count). The molecule has 2 aromatic heterocycles. The summed E-state index contributed by atoms with van der Waals surface area (Å²) >= 11 is 0. The predicted octanol–water partition coefficient (Wildman–Crippen LogP) is 3.09. The molecule has 8 nitrogen and oxygen atoms in total. The van der Waals surface area contributed by atoms with E-state index in [0.29, 0.717) is 25.2 Å². The number of imidazole rings is 1. The van der Waals surface area contributed by atoms with Gasteiger partial charge in [-0.1, -0.05) is 25.3 Å². The van der Waals surface area contributed by atoms with E-state index in [1.54, 1.807) is 24.8 Å². The Hall–Kier alpha value is -2.58. The molecule has 8 heteroatoms. The van der Waals surface area contributed by atoms with Crippen LogP contribution in [0.15, 0.2) is 49.0 Å². The zero-order valence-electron chi connectivity index (χ0n) is 16.6. The van der Waals surface area contributed by atoms with E-state index in [1.807, 2.05) is 12.5 Å². The summed E-state index contributed by atoms with van der Waals surface area (Å²) in [5.41, 5.74) is 2.23. The lowest BCUT2D eigenvalue weighted by Crippen LogP contribution is -2.27. The zero-order valence-corrected chi connectivity index (χ0v) is 16.6. The van der Waals surface area contributed by atoms with E-state index in [0.717, 1.165) is 18.5 Å². The molecule has 0 aliphatic heterocycles. The minimum atomic E-state index is -1.04. The first-order chi connectivity index (χ1) is 14.2. The molecule has 0 aromatic carbocycles. The lowest BCUT2D eigenvalue weighted by molar-refractivity contribution is -0.151. The molecule has 1 fully saturated rings. The lowest BCUT2D eigenvalue weighted by atomic mass is 9.79. The monoisotopic (exact) mass is 399 g/mol. The Balaban J connectivity index is 1.87. The van der Waals surface area contributed by atoms with Gasteiger partial charge in [-0.3, -0.25) is 14.8 Å². The number of hydrogen-bond acceptors (Lipinski definition) is 6. The van der Waals surface area contributed by atoms with Crippen LogP contribution < -0.4 is 5.90 Å². The fraction of sp³-hybridized carbons (Fsp3) is 0.524. The van der Waals surface area contributed by atoms with Crippen molar-refractivity contribution in [1.82, 2.24) is 19.5 Å². The summed E-state index contributed by atoms with van der Waals surface area (Å²) < 4.78 is 2.11. The summed E-state index contributed by atoms with van der Waals surface area (Å²) in [4.78, 5) is 28.7. The number of allylic oxidation sites excluding steroid dienone is 2. The van der Waals surface area contributed by atoms with Gasteiger partial charge in [0.2, 0.25) is 0 Å². The molecule has 156 valence electrons. The Kier molecular flexibility index (Phi) is 7.89. The average molecular weight is 399 g/mol. The molecule has 2 unspecified atom stereocenters. The molecule has 0 radical (unpaired) electrons. The predicted molar refractivity (Wildman–Crippen MR) is 108 cm³/mol. The van der Waals surface area contributed by atoms with Crippen LogP contribution in [-0.2, 0) is 16.1 Å². The van der Waals surface area contributed by atoms with Crippen LogP contribution in [0.2, 0.25) is 0 Å². The maximum atomic E-state index is 11.2. The normalized spacial score (nSPS) is 17.8. The Morgan fingerprint density at radius 1 is 1.28 bits per heavy atom. The van der Waals surface area contributed by atoms with Gasteiger partial charge in [0, 0.05) is 37.4 Å². The lowest BCUT2D eigenvalue weighted by Gasteiger charge is -2.31. The van der Waals surface area contributed by atoms with Crippen molar-refractivity contribution < 1.29 is 14.7 Å². The van der Waals surface area contributed by atoms with Gasteiger partial charge in [-0.2, -0.15) is 0 Å². The molecule has 3 N–H and O–H groups in total. The van der Waals surface area contributed by atoms with Crippen molar-refractivity contribution in [3.63, 3.8) is 0 Å². The Morgan fingerprint density at radius 3 is 2.72 bits per heavy atom. The van der Waals surface area contributed by atoms with E-state index in [-0.39, 0.29) is 6.04 Å². The highest BCUT2D eigenvalue weighted by atomic mass is 16.6. The fourth-order valence-corrected chi connectivity index (χ4v) is 4.14. The van der Waals surface area contributed by atoms with Crippen molar-refractivity contribution >= 4 is 5.97 Å². The zero-order chi connectivity index (χ0) is 20.5. The van der Waals surface area contributed by atoms with E-state index in [2.05, 4.69) is 30.4 Å². The van der Waals surface area contributed by atoms with Gasteiger partial charge >= 0.3 is 5.97 Å². The maximum absolute atomic E-state index is 11.2. The number of nitrogens with two attached hydrogens (primary N) is 1. The van der Waals surface area contributed by atoms with Crippen molar-refractivity contribution in [2.45, 2.75) is 63.5 Å². The number of aromatic nitrogens is 4. The second-order valence-electron chi connectivity index (χ2n) is 7.51. The number of rotatable bonds is 10. The van der Waals surface area contributed by atoms with Crippen LogP contribution in [0.1, 0.15) is 56.7 Å². The SMILES string of the molecule is NOC(CCC=C(C1CCCCC1)C(Cc1cnccn1)n1ccnc1)C(=O)O. The topological polar surface area (TPSA) is 116 Å². The molecule has 2 heterocycles. The van der Waals surface area contributed by atoms with Gasteiger partial charge in [-0.25, -0.2) is 15.7 Å². The van der Waals surface area contributed by atoms with Crippen molar-refractivity contribution in [2.75, 3.05) is 0 Å². The van der Waals surface area contributed by atoms with Gasteiger partial charge in [0.15, 0.2) is 6.10 Å². The molecular formula is C21H29N5O3. The number of aliphatic carboxylic acids is 1. The number of carboxylic acid groups (broad SMARTS) is 1. The average Bonchev–Trinajstić information content (AvgIpc) is 3.28. The summed E-state index contributed by atoms with van der Waals surface area (Å²) in [5, 5.41) is 9.19. The first-order valence-electron chi connectivity index (χ1n) is 10.2. The van der Waals surface area contributed by atoms with Gasteiger partial charge in [0.25, 0.3) is 0 Å². The highest BCUT2D eigenvalue weighted by Gasteiger charge is 2.26. The summed E-state index contributed by atoms with van der Waals surface area (Å²) in [6, 6.07) is 0.0689. The number of hydrogen-bond donors (Lipinski definition) is 2. The van der Waals surface area contributed by atoms with E-state index in [1.165, 1.54) is 24.8 Å². The third-order valence-electron chi connectivity index (χ3n) is 5.61. The quantitative estimate of drug-likeness (QED) is 0.466. The van der Waals surface area contributed by atoms with Crippen molar-refractivity contribution in [3.8, 4) is 0 Å². The standard InChI is InChI=1S/C21H29N5O3/c22-29-20(21(27)28)8-4-7-18(16-5-2-1-3-6-16)19(26-12-11-24-15-26)13-17-14-23-9-10-25-17/h7,9-12,14-16,19-20H,1-6,8,13,22H2,(H,27,28). The largest absolute Gasteiger partial charge is 0.479 e. The molecule has 1 aliphatic carbocycles. The van der Waals surface area contributed by atoms with Gasteiger partial charge in [-0.05, 0) is 37.2 Å². The second kappa shape index (κ2) is 10.8. The van der Waals surface area contributed by atoms with E-state index in [4.69, 9.17) is 5.90 Å². The molecular weight excluding hydrogens is 370 g/mol. The molecule has 1 aliphatic rings. The Bertz CT molecular complexity index is 773. The maximum Gasteiger partial charge on any atom is 0.334 e. The van der Waals surface area contributed by atoms with Gasteiger partial charge in [0.1, 0.15) is 0 Å². The molecule has 29 heavy (non-hydrogen) atoms. The number of carbonyl (C=O) groups is 1. The van der Waals surface area contributed by atoms with E-state index >= 15 is 0 Å². The minimum absolute atomic E-state index is 0.0689. The Morgan fingerprint density at radius 2 is 2.10 bits per heavy atom. The van der Waals surface area contributed by atoms with Crippen LogP contribution in [0.5, 0.6) is 0 Å². The molecule has 2 atom stereocenters. The fourth-order valence-electron chi connectivity index (χ4n) is 4.14. The smallest absolute Gasteiger partial charge is 0.334 e. The summed E-state index contributed by atoms with van der Waals surface area (Å²) in [6.45, 7) is 0. The van der Waals surface area contributed by atoms with Crippen LogP contribution >= 0.6 is 0 Å². The van der Waals surface area contributed by atoms with Crippen LogP contribution in [0.25, 0.3) is 0 Å². The molecule has 0 spiro atoms. The number of carboxylic acids is 1. The highest BCUT2D eigenvalue weighted by molar-refractivity contribution is 5.72. The van der Waals surface area contributed by atoms with Gasteiger partial charge in [0.05, 0.1) is 18.1 Å². The van der Waals surface area contributed by atoms with Crippen LogP contribution in [-0.4, -0.2) is 36.7 Å². The van der Waals surface area contributed by atoms with Crippen molar-refractivity contribution in [3.05, 3.63) is 54.7 Å². The first-order valence-corrected chi connectivity index (χ1v) is 10.2.